The second-order valence-electron chi connectivity index (χ2n) is 6.61. The topological polar surface area (TPSA) is 86.8 Å². The number of carbonyl (C=O) groups is 2. The fourth-order valence-corrected chi connectivity index (χ4v) is 4.16. The molecule has 9 heteroatoms. The lowest BCUT2D eigenvalue weighted by molar-refractivity contribution is -0.130. The lowest BCUT2D eigenvalue weighted by Crippen LogP contribution is -2.39. The highest BCUT2D eigenvalue weighted by atomic mass is 35.5. The van der Waals surface area contributed by atoms with Gasteiger partial charge in [-0.25, -0.2) is 8.42 Å². The van der Waals surface area contributed by atoms with Crippen LogP contribution in [0.2, 0.25) is 5.02 Å². The summed E-state index contributed by atoms with van der Waals surface area (Å²) in [6.07, 6.45) is 4.28. The van der Waals surface area contributed by atoms with Crippen LogP contribution in [0.5, 0.6) is 0 Å². The monoisotopic (exact) mass is 415 g/mol. The van der Waals surface area contributed by atoms with Crippen molar-refractivity contribution >= 4 is 33.4 Å². The van der Waals surface area contributed by atoms with Gasteiger partial charge in [-0.15, -0.1) is 0 Å². The summed E-state index contributed by atoms with van der Waals surface area (Å²) in [5.41, 5.74) is 0. The van der Waals surface area contributed by atoms with Crippen LogP contribution >= 0.6 is 11.6 Å². The predicted molar refractivity (Wildman–Crippen MR) is 104 cm³/mol. The molecule has 1 heterocycles. The molecule has 0 aromatic heterocycles. The molecule has 150 valence electrons. The lowest BCUT2D eigenvalue weighted by atomic mass is 10.2. The summed E-state index contributed by atoms with van der Waals surface area (Å²) >= 11 is 5.77. The van der Waals surface area contributed by atoms with E-state index in [1.165, 1.54) is 31.3 Å². The Balaban J connectivity index is 1.76. The van der Waals surface area contributed by atoms with Gasteiger partial charge in [-0.2, -0.15) is 4.31 Å². The molecule has 1 saturated heterocycles. The molecule has 1 aromatic carbocycles. The third kappa shape index (κ3) is 6.48. The van der Waals surface area contributed by atoms with Gasteiger partial charge in [-0.05, 0) is 43.5 Å². The third-order valence-corrected chi connectivity index (χ3v) is 6.56. The van der Waals surface area contributed by atoms with Crippen molar-refractivity contribution in [2.45, 2.75) is 37.0 Å². The molecule has 1 N–H and O–H groups in total. The van der Waals surface area contributed by atoms with Crippen LogP contribution in [0.25, 0.3) is 0 Å². The van der Waals surface area contributed by atoms with Crippen molar-refractivity contribution in [2.24, 2.45) is 0 Å². The Morgan fingerprint density at radius 1 is 1.22 bits per heavy atom. The number of amides is 2. The highest BCUT2D eigenvalue weighted by Crippen LogP contribution is 2.17. The maximum atomic E-state index is 12.4. The fourth-order valence-electron chi connectivity index (χ4n) is 2.90. The van der Waals surface area contributed by atoms with E-state index in [1.54, 1.807) is 0 Å². The molecule has 1 aliphatic heterocycles. The first-order valence-corrected chi connectivity index (χ1v) is 10.9. The van der Waals surface area contributed by atoms with E-state index < -0.39 is 10.0 Å². The van der Waals surface area contributed by atoms with Crippen molar-refractivity contribution < 1.29 is 18.0 Å². The van der Waals surface area contributed by atoms with Gasteiger partial charge in [0.2, 0.25) is 21.8 Å². The summed E-state index contributed by atoms with van der Waals surface area (Å²) in [7, 11) is -2.39. The maximum absolute atomic E-state index is 12.4. The number of sulfonamides is 1. The highest BCUT2D eigenvalue weighted by molar-refractivity contribution is 7.89. The molecule has 27 heavy (non-hydrogen) atoms. The number of carbonyl (C=O) groups excluding carboxylic acids is 2. The number of hydrogen-bond acceptors (Lipinski definition) is 4. The number of nitrogens with zero attached hydrogens (tertiary/aromatic N) is 2. The molecule has 2 rings (SSSR count). The Morgan fingerprint density at radius 3 is 2.63 bits per heavy atom. The number of likely N-dealkylation sites (tertiary alicyclic amines) is 1. The molecule has 0 aliphatic carbocycles. The SMILES string of the molecule is CN(CC(=O)NCCCN1CCCCCC1=O)S(=O)(=O)c1ccc(Cl)cc1. The van der Waals surface area contributed by atoms with Crippen molar-refractivity contribution in [3.05, 3.63) is 29.3 Å². The Hall–Kier alpha value is -1.64. The van der Waals surface area contributed by atoms with Crippen molar-refractivity contribution in [3.63, 3.8) is 0 Å². The van der Waals surface area contributed by atoms with Gasteiger partial charge in [0.1, 0.15) is 0 Å². The van der Waals surface area contributed by atoms with Gasteiger partial charge < -0.3 is 10.2 Å². The Kier molecular flexibility index (Phi) is 8.07. The molecule has 2 amide bonds. The zero-order valence-electron chi connectivity index (χ0n) is 15.5. The average molecular weight is 416 g/mol. The maximum Gasteiger partial charge on any atom is 0.243 e. The van der Waals surface area contributed by atoms with Gasteiger partial charge in [0.15, 0.2) is 0 Å². The summed E-state index contributed by atoms with van der Waals surface area (Å²) in [6.45, 7) is 1.51. The summed E-state index contributed by atoms with van der Waals surface area (Å²) in [5.74, 6) is -0.204. The molecule has 1 aromatic rings. The van der Waals surface area contributed by atoms with Gasteiger partial charge in [0.05, 0.1) is 11.4 Å². The molecular weight excluding hydrogens is 390 g/mol. The van der Waals surface area contributed by atoms with Gasteiger partial charge in [-0.3, -0.25) is 9.59 Å². The first kappa shape index (κ1) is 21.7. The highest BCUT2D eigenvalue weighted by Gasteiger charge is 2.23. The Morgan fingerprint density at radius 2 is 1.93 bits per heavy atom. The van der Waals surface area contributed by atoms with E-state index in [4.69, 9.17) is 11.6 Å². The predicted octanol–water partition coefficient (Wildman–Crippen LogP) is 1.87. The normalized spacial score (nSPS) is 15.7. The summed E-state index contributed by atoms with van der Waals surface area (Å²) in [6, 6.07) is 5.80. The fraction of sp³-hybridized carbons (Fsp3) is 0.556. The van der Waals surface area contributed by atoms with Crippen LogP contribution in [0.4, 0.5) is 0 Å². The molecule has 7 nitrogen and oxygen atoms in total. The quantitative estimate of drug-likeness (QED) is 0.656. The molecule has 1 aliphatic rings. The second-order valence-corrected chi connectivity index (χ2v) is 9.09. The van der Waals surface area contributed by atoms with Crippen molar-refractivity contribution in [3.8, 4) is 0 Å². The first-order chi connectivity index (χ1) is 12.8. The second kappa shape index (κ2) is 10.1. The standard InChI is InChI=1S/C18H26ClN3O4S/c1-21(27(25,26)16-9-7-15(19)8-10-16)14-17(23)20-11-5-13-22-12-4-2-3-6-18(22)24/h7-10H,2-6,11-14H2,1H3,(H,20,23). The zero-order valence-corrected chi connectivity index (χ0v) is 17.1. The number of rotatable bonds is 8. The van der Waals surface area contributed by atoms with Crippen molar-refractivity contribution in [2.75, 3.05) is 33.2 Å². The van der Waals surface area contributed by atoms with Gasteiger partial charge in [0.25, 0.3) is 0 Å². The van der Waals surface area contributed by atoms with Gasteiger partial charge >= 0.3 is 0 Å². The number of likely N-dealkylation sites (N-methyl/N-ethyl adjacent to an activating group) is 1. The largest absolute Gasteiger partial charge is 0.355 e. The number of halogens is 1. The van der Waals surface area contributed by atoms with Gasteiger partial charge in [0, 0.05) is 38.1 Å². The Labute approximate surface area is 165 Å². The van der Waals surface area contributed by atoms with E-state index in [9.17, 15) is 18.0 Å². The van der Waals surface area contributed by atoms with Crippen LogP contribution in [0, 0.1) is 0 Å². The minimum atomic E-state index is -3.75. The minimum absolute atomic E-state index is 0.0851. The molecular formula is C18H26ClN3O4S. The Bertz CT molecular complexity index is 752. The van der Waals surface area contributed by atoms with Crippen molar-refractivity contribution in [1.82, 2.24) is 14.5 Å². The van der Waals surface area contributed by atoms with Crippen LogP contribution in [0.1, 0.15) is 32.1 Å². The molecule has 0 spiro atoms. The van der Waals surface area contributed by atoms with Crippen LogP contribution in [0.3, 0.4) is 0 Å². The molecule has 0 radical (unpaired) electrons. The summed E-state index contributed by atoms with van der Waals surface area (Å²) in [4.78, 5) is 25.9. The minimum Gasteiger partial charge on any atom is -0.355 e. The van der Waals surface area contributed by atoms with E-state index in [-0.39, 0.29) is 23.3 Å². The van der Waals surface area contributed by atoms with Crippen LogP contribution in [0.15, 0.2) is 29.2 Å². The molecule has 0 saturated carbocycles. The van der Waals surface area contributed by atoms with Crippen LogP contribution in [-0.4, -0.2) is 62.7 Å². The number of hydrogen-bond donors (Lipinski definition) is 1. The van der Waals surface area contributed by atoms with E-state index in [0.717, 1.165) is 30.1 Å². The van der Waals surface area contributed by atoms with Gasteiger partial charge in [-0.1, -0.05) is 18.0 Å². The van der Waals surface area contributed by atoms with Crippen LogP contribution < -0.4 is 5.32 Å². The third-order valence-electron chi connectivity index (χ3n) is 4.49. The molecule has 0 unspecified atom stereocenters. The number of benzene rings is 1. The zero-order chi connectivity index (χ0) is 19.9. The van der Waals surface area contributed by atoms with Crippen molar-refractivity contribution in [1.29, 1.82) is 0 Å². The molecule has 0 bridgehead atoms. The summed E-state index contributed by atoms with van der Waals surface area (Å²) in [5, 5.41) is 3.15. The molecule has 1 fully saturated rings. The average Bonchev–Trinajstić information content (AvgIpc) is 2.83. The van der Waals surface area contributed by atoms with E-state index in [2.05, 4.69) is 5.32 Å². The smallest absolute Gasteiger partial charge is 0.243 e. The summed E-state index contributed by atoms with van der Waals surface area (Å²) < 4.78 is 25.9. The lowest BCUT2D eigenvalue weighted by Gasteiger charge is -2.21. The number of nitrogens with one attached hydrogen (secondary N) is 1. The molecule has 0 atom stereocenters. The van der Waals surface area contributed by atoms with E-state index >= 15 is 0 Å². The first-order valence-electron chi connectivity index (χ1n) is 9.07. The van der Waals surface area contributed by atoms with Crippen LogP contribution in [-0.2, 0) is 19.6 Å². The van der Waals surface area contributed by atoms with E-state index in [0.29, 0.717) is 31.0 Å². The van der Waals surface area contributed by atoms with E-state index in [1.807, 2.05) is 4.90 Å².